The van der Waals surface area contributed by atoms with Gasteiger partial charge in [0.1, 0.15) is 11.6 Å². The molecule has 0 amide bonds. The van der Waals surface area contributed by atoms with Crippen molar-refractivity contribution in [3.63, 3.8) is 0 Å². The fraction of sp³-hybridized carbons (Fsp3) is 0.455. The maximum absolute atomic E-state index is 13.0. The van der Waals surface area contributed by atoms with E-state index in [1.807, 2.05) is 0 Å². The number of halogens is 2. The molecule has 0 radical (unpaired) electrons. The monoisotopic (exact) mass is 276 g/mol. The van der Waals surface area contributed by atoms with Crippen LogP contribution in [0.5, 0.6) is 0 Å². The molecule has 1 heterocycles. The van der Waals surface area contributed by atoms with Gasteiger partial charge in [-0.25, -0.2) is 21.9 Å². The molecule has 1 aromatic rings. The maximum Gasteiger partial charge on any atom is 0.241 e. The third kappa shape index (κ3) is 3.24. The minimum Gasteiger partial charge on any atom is -0.315 e. The maximum atomic E-state index is 13.0. The van der Waals surface area contributed by atoms with Crippen LogP contribution in [0.15, 0.2) is 23.1 Å². The number of piperidine rings is 1. The quantitative estimate of drug-likeness (QED) is 0.866. The van der Waals surface area contributed by atoms with Crippen LogP contribution in [-0.2, 0) is 10.0 Å². The third-order valence-corrected chi connectivity index (χ3v) is 4.27. The Hall–Kier alpha value is -1.05. The number of hydrogen-bond donors (Lipinski definition) is 2. The van der Waals surface area contributed by atoms with E-state index in [0.717, 1.165) is 25.1 Å². The Kier molecular flexibility index (Phi) is 3.94. The highest BCUT2D eigenvalue weighted by atomic mass is 32.2. The van der Waals surface area contributed by atoms with Gasteiger partial charge in [-0.2, -0.15) is 0 Å². The first-order valence-corrected chi connectivity index (χ1v) is 7.15. The summed E-state index contributed by atoms with van der Waals surface area (Å²) < 4.78 is 52.3. The van der Waals surface area contributed by atoms with E-state index in [-0.39, 0.29) is 10.9 Å². The van der Waals surface area contributed by atoms with Crippen LogP contribution in [0.2, 0.25) is 0 Å². The molecule has 1 atom stereocenters. The summed E-state index contributed by atoms with van der Waals surface area (Å²) in [7, 11) is -3.87. The summed E-state index contributed by atoms with van der Waals surface area (Å²) in [5.74, 6) is -1.81. The van der Waals surface area contributed by atoms with Crippen molar-refractivity contribution in [2.45, 2.75) is 23.8 Å². The van der Waals surface area contributed by atoms with Crippen molar-refractivity contribution in [2.75, 3.05) is 13.1 Å². The third-order valence-electron chi connectivity index (χ3n) is 2.77. The molecular weight excluding hydrogens is 262 g/mol. The summed E-state index contributed by atoms with van der Waals surface area (Å²) in [6.07, 6.45) is 1.58. The summed E-state index contributed by atoms with van der Waals surface area (Å²) in [5.41, 5.74) is 0. The highest BCUT2D eigenvalue weighted by Gasteiger charge is 2.22. The molecule has 0 saturated carbocycles. The van der Waals surface area contributed by atoms with Gasteiger partial charge in [0.25, 0.3) is 0 Å². The van der Waals surface area contributed by atoms with Gasteiger partial charge in [-0.15, -0.1) is 0 Å². The van der Waals surface area contributed by atoms with E-state index in [0.29, 0.717) is 19.0 Å². The Balaban J connectivity index is 2.19. The molecule has 18 heavy (non-hydrogen) atoms. The van der Waals surface area contributed by atoms with Crippen molar-refractivity contribution in [2.24, 2.45) is 0 Å². The van der Waals surface area contributed by atoms with E-state index in [1.165, 1.54) is 0 Å². The van der Waals surface area contributed by atoms with Crippen molar-refractivity contribution in [3.8, 4) is 0 Å². The lowest BCUT2D eigenvalue weighted by Crippen LogP contribution is -2.45. The molecule has 7 heteroatoms. The molecule has 0 aliphatic carbocycles. The van der Waals surface area contributed by atoms with Crippen molar-refractivity contribution in [1.29, 1.82) is 0 Å². The second kappa shape index (κ2) is 5.29. The lowest BCUT2D eigenvalue weighted by atomic mass is 10.1. The van der Waals surface area contributed by atoms with E-state index in [1.54, 1.807) is 0 Å². The van der Waals surface area contributed by atoms with Crippen LogP contribution in [-0.4, -0.2) is 27.5 Å². The summed E-state index contributed by atoms with van der Waals surface area (Å²) >= 11 is 0. The highest BCUT2D eigenvalue weighted by molar-refractivity contribution is 7.89. The first kappa shape index (κ1) is 13.4. The van der Waals surface area contributed by atoms with Gasteiger partial charge in [0.2, 0.25) is 10.0 Å². The number of hydrogen-bond acceptors (Lipinski definition) is 3. The van der Waals surface area contributed by atoms with Crippen LogP contribution in [0.3, 0.4) is 0 Å². The van der Waals surface area contributed by atoms with Crippen molar-refractivity contribution >= 4 is 10.0 Å². The van der Waals surface area contributed by atoms with Crippen LogP contribution < -0.4 is 10.0 Å². The Morgan fingerprint density at radius 1 is 1.22 bits per heavy atom. The fourth-order valence-electron chi connectivity index (χ4n) is 1.92. The lowest BCUT2D eigenvalue weighted by molar-refractivity contribution is 0.428. The number of rotatable bonds is 3. The Bertz CT molecular complexity index is 508. The first-order valence-electron chi connectivity index (χ1n) is 5.66. The van der Waals surface area contributed by atoms with Gasteiger partial charge in [0.05, 0.1) is 4.90 Å². The standard InChI is InChI=1S/C11H14F2N2O2S/c12-8-4-9(13)6-11(5-8)18(16,17)15-10-2-1-3-14-7-10/h4-6,10,14-15H,1-3,7H2/t10-/m1/s1. The topological polar surface area (TPSA) is 58.2 Å². The van der Waals surface area contributed by atoms with Crippen molar-refractivity contribution in [1.82, 2.24) is 10.0 Å². The van der Waals surface area contributed by atoms with Crippen molar-refractivity contribution in [3.05, 3.63) is 29.8 Å². The smallest absolute Gasteiger partial charge is 0.241 e. The molecule has 0 spiro atoms. The highest BCUT2D eigenvalue weighted by Crippen LogP contribution is 2.15. The van der Waals surface area contributed by atoms with Crippen LogP contribution >= 0.6 is 0 Å². The van der Waals surface area contributed by atoms with Gasteiger partial charge >= 0.3 is 0 Å². The van der Waals surface area contributed by atoms with Gasteiger partial charge in [-0.1, -0.05) is 0 Å². The van der Waals surface area contributed by atoms with Gasteiger partial charge in [0.15, 0.2) is 0 Å². The van der Waals surface area contributed by atoms with E-state index < -0.39 is 21.7 Å². The molecule has 2 rings (SSSR count). The molecule has 2 N–H and O–H groups in total. The average Bonchev–Trinajstić information content (AvgIpc) is 2.28. The molecule has 0 aromatic heterocycles. The molecule has 0 bridgehead atoms. The Labute approximate surface area is 104 Å². The molecule has 100 valence electrons. The van der Waals surface area contributed by atoms with Crippen LogP contribution in [0.4, 0.5) is 8.78 Å². The normalized spacial score (nSPS) is 20.9. The Morgan fingerprint density at radius 3 is 2.44 bits per heavy atom. The summed E-state index contributed by atoms with van der Waals surface area (Å²) in [6.45, 7) is 1.38. The number of nitrogens with one attached hydrogen (secondary N) is 2. The number of benzene rings is 1. The van der Waals surface area contributed by atoms with Crippen LogP contribution in [0, 0.1) is 11.6 Å². The van der Waals surface area contributed by atoms with Gasteiger partial charge in [-0.3, -0.25) is 0 Å². The molecular formula is C11H14F2N2O2S. The SMILES string of the molecule is O=S(=O)(N[C@@H]1CCCNC1)c1cc(F)cc(F)c1. The second-order valence-electron chi connectivity index (χ2n) is 4.27. The minimum atomic E-state index is -3.87. The van der Waals surface area contributed by atoms with Crippen LogP contribution in [0.1, 0.15) is 12.8 Å². The fourth-order valence-corrected chi connectivity index (χ4v) is 3.24. The van der Waals surface area contributed by atoms with Crippen molar-refractivity contribution < 1.29 is 17.2 Å². The average molecular weight is 276 g/mol. The van der Waals surface area contributed by atoms with E-state index in [9.17, 15) is 17.2 Å². The second-order valence-corrected chi connectivity index (χ2v) is 5.98. The molecule has 4 nitrogen and oxygen atoms in total. The van der Waals surface area contributed by atoms with Gasteiger partial charge in [0, 0.05) is 18.7 Å². The molecule has 1 fully saturated rings. The molecule has 1 aromatic carbocycles. The zero-order chi connectivity index (χ0) is 13.2. The summed E-state index contributed by atoms with van der Waals surface area (Å²) in [5, 5.41) is 3.06. The van der Waals surface area contributed by atoms with Gasteiger partial charge < -0.3 is 5.32 Å². The van der Waals surface area contributed by atoms with E-state index in [4.69, 9.17) is 0 Å². The summed E-state index contributed by atoms with van der Waals surface area (Å²) in [4.78, 5) is -0.384. The summed E-state index contributed by atoms with van der Waals surface area (Å²) in [6, 6.07) is 2.01. The van der Waals surface area contributed by atoms with E-state index in [2.05, 4.69) is 10.0 Å². The van der Waals surface area contributed by atoms with E-state index >= 15 is 0 Å². The molecule has 0 unspecified atom stereocenters. The molecule has 1 aliphatic rings. The first-order chi connectivity index (χ1) is 8.47. The predicted octanol–water partition coefficient (Wildman–Crippen LogP) is 0.995. The minimum absolute atomic E-state index is 0.241. The largest absolute Gasteiger partial charge is 0.315 e. The lowest BCUT2D eigenvalue weighted by Gasteiger charge is -2.23. The number of sulfonamides is 1. The zero-order valence-electron chi connectivity index (χ0n) is 9.62. The predicted molar refractivity (Wildman–Crippen MR) is 62.6 cm³/mol. The van der Waals surface area contributed by atoms with Gasteiger partial charge in [-0.05, 0) is 31.5 Å². The molecule has 1 aliphatic heterocycles. The molecule has 1 saturated heterocycles. The van der Waals surface area contributed by atoms with Crippen LogP contribution in [0.25, 0.3) is 0 Å². The Morgan fingerprint density at radius 2 is 1.89 bits per heavy atom. The zero-order valence-corrected chi connectivity index (χ0v) is 10.4.